The van der Waals surface area contributed by atoms with Crippen LogP contribution in [0.4, 0.5) is 4.79 Å². The summed E-state index contributed by atoms with van der Waals surface area (Å²) in [6.07, 6.45) is 2.81. The van der Waals surface area contributed by atoms with Gasteiger partial charge in [-0.15, -0.1) is 0 Å². The van der Waals surface area contributed by atoms with Crippen molar-refractivity contribution in [3.8, 4) is 0 Å². The zero-order chi connectivity index (χ0) is 11.5. The van der Waals surface area contributed by atoms with Crippen LogP contribution in [0.3, 0.4) is 0 Å². The minimum Gasteiger partial charge on any atom is -0.444 e. The monoisotopic (exact) mass is 211 g/mol. The van der Waals surface area contributed by atoms with Crippen LogP contribution in [0.15, 0.2) is 12.5 Å². The fourth-order valence-electron chi connectivity index (χ4n) is 1.07. The van der Waals surface area contributed by atoms with Gasteiger partial charge < -0.3 is 15.0 Å². The van der Waals surface area contributed by atoms with Crippen LogP contribution in [0.5, 0.6) is 0 Å². The van der Waals surface area contributed by atoms with Crippen molar-refractivity contribution in [3.63, 3.8) is 0 Å². The Labute approximate surface area is 89.2 Å². The molecule has 5 heteroatoms. The molecule has 0 radical (unpaired) electrons. The van der Waals surface area contributed by atoms with Crippen LogP contribution < -0.4 is 5.32 Å². The van der Waals surface area contributed by atoms with E-state index in [0.29, 0.717) is 0 Å². The number of nitrogens with zero attached hydrogens (tertiary/aromatic N) is 1. The molecule has 0 unspecified atom stereocenters. The maximum absolute atomic E-state index is 11.4. The van der Waals surface area contributed by atoms with Gasteiger partial charge in [0.25, 0.3) is 0 Å². The number of amides is 1. The molecule has 0 bridgehead atoms. The van der Waals surface area contributed by atoms with Crippen LogP contribution in [0, 0.1) is 0 Å². The van der Waals surface area contributed by atoms with E-state index in [2.05, 4.69) is 15.3 Å². The molecule has 2 N–H and O–H groups in total. The minimum absolute atomic E-state index is 0.137. The average molecular weight is 211 g/mol. The number of imidazole rings is 1. The SMILES string of the molecule is C[C@@H](NC(=O)OC(C)(C)C)c1cnc[nH]1. The largest absolute Gasteiger partial charge is 0.444 e. The Bertz CT molecular complexity index is 314. The first-order valence-corrected chi connectivity index (χ1v) is 4.86. The molecule has 0 aromatic carbocycles. The lowest BCUT2D eigenvalue weighted by Crippen LogP contribution is -2.34. The number of carbonyl (C=O) groups is 1. The Morgan fingerprint density at radius 2 is 2.27 bits per heavy atom. The van der Waals surface area contributed by atoms with Gasteiger partial charge in [-0.3, -0.25) is 0 Å². The van der Waals surface area contributed by atoms with E-state index in [9.17, 15) is 4.79 Å². The second-order valence-electron chi connectivity index (χ2n) is 4.37. The Morgan fingerprint density at radius 3 is 2.73 bits per heavy atom. The number of H-pyrrole nitrogens is 1. The normalized spacial score (nSPS) is 13.3. The van der Waals surface area contributed by atoms with Crippen molar-refractivity contribution >= 4 is 6.09 Å². The highest BCUT2D eigenvalue weighted by atomic mass is 16.6. The van der Waals surface area contributed by atoms with Crippen molar-refractivity contribution in [3.05, 3.63) is 18.2 Å². The maximum atomic E-state index is 11.4. The van der Waals surface area contributed by atoms with E-state index >= 15 is 0 Å². The average Bonchev–Trinajstić information content (AvgIpc) is 2.50. The highest BCUT2D eigenvalue weighted by molar-refractivity contribution is 5.68. The van der Waals surface area contributed by atoms with Gasteiger partial charge >= 0.3 is 6.09 Å². The summed E-state index contributed by atoms with van der Waals surface area (Å²) in [5, 5.41) is 2.71. The van der Waals surface area contributed by atoms with Gasteiger partial charge in [0.1, 0.15) is 5.60 Å². The van der Waals surface area contributed by atoms with Gasteiger partial charge in [0.05, 0.1) is 24.3 Å². The van der Waals surface area contributed by atoms with Gasteiger partial charge in [-0.2, -0.15) is 0 Å². The number of hydrogen-bond acceptors (Lipinski definition) is 3. The summed E-state index contributed by atoms with van der Waals surface area (Å²) in [6.45, 7) is 7.34. The predicted molar refractivity (Wildman–Crippen MR) is 56.4 cm³/mol. The first-order valence-electron chi connectivity index (χ1n) is 4.86. The number of aromatic amines is 1. The molecule has 84 valence electrons. The number of ether oxygens (including phenoxy) is 1. The first kappa shape index (κ1) is 11.6. The first-order chi connectivity index (χ1) is 6.88. The highest BCUT2D eigenvalue weighted by Crippen LogP contribution is 2.10. The van der Waals surface area contributed by atoms with E-state index in [-0.39, 0.29) is 6.04 Å². The van der Waals surface area contributed by atoms with Crippen molar-refractivity contribution in [1.29, 1.82) is 0 Å². The summed E-state index contributed by atoms with van der Waals surface area (Å²) in [5.41, 5.74) is 0.374. The Hall–Kier alpha value is -1.52. The molecule has 0 aliphatic heterocycles. The zero-order valence-electron chi connectivity index (χ0n) is 9.50. The van der Waals surface area contributed by atoms with Gasteiger partial charge in [-0.05, 0) is 27.7 Å². The minimum atomic E-state index is -0.474. The summed E-state index contributed by atoms with van der Waals surface area (Å²) >= 11 is 0. The summed E-state index contributed by atoms with van der Waals surface area (Å²) in [4.78, 5) is 18.2. The molecule has 0 aliphatic rings. The van der Waals surface area contributed by atoms with Crippen molar-refractivity contribution < 1.29 is 9.53 Å². The number of carbonyl (C=O) groups excluding carboxylic acids is 1. The molecule has 1 amide bonds. The fourth-order valence-corrected chi connectivity index (χ4v) is 1.07. The van der Waals surface area contributed by atoms with Crippen LogP contribution in [-0.2, 0) is 4.74 Å². The van der Waals surface area contributed by atoms with Crippen molar-refractivity contribution in [2.24, 2.45) is 0 Å². The molecule has 1 aromatic heterocycles. The summed E-state index contributed by atoms with van der Waals surface area (Å²) in [7, 11) is 0. The molecule has 0 fully saturated rings. The molecule has 1 rings (SSSR count). The number of alkyl carbamates (subject to hydrolysis) is 1. The summed E-state index contributed by atoms with van der Waals surface area (Å²) in [6, 6.07) is -0.137. The van der Waals surface area contributed by atoms with Crippen molar-refractivity contribution in [2.45, 2.75) is 39.3 Å². The molecule has 0 aliphatic carbocycles. The maximum Gasteiger partial charge on any atom is 0.408 e. The number of rotatable bonds is 2. The molecule has 15 heavy (non-hydrogen) atoms. The Kier molecular flexibility index (Phi) is 3.34. The van der Waals surface area contributed by atoms with Gasteiger partial charge in [0.2, 0.25) is 0 Å². The Morgan fingerprint density at radius 1 is 1.60 bits per heavy atom. The molecule has 0 saturated carbocycles. The third-order valence-corrected chi connectivity index (χ3v) is 1.72. The van der Waals surface area contributed by atoms with Gasteiger partial charge in [-0.25, -0.2) is 9.78 Å². The van der Waals surface area contributed by atoms with Gasteiger partial charge in [0, 0.05) is 0 Å². The van der Waals surface area contributed by atoms with Crippen LogP contribution in [0.25, 0.3) is 0 Å². The second kappa shape index (κ2) is 4.33. The van der Waals surface area contributed by atoms with E-state index in [1.807, 2.05) is 27.7 Å². The van der Waals surface area contributed by atoms with E-state index in [4.69, 9.17) is 4.74 Å². The van der Waals surface area contributed by atoms with E-state index in [1.54, 1.807) is 12.5 Å². The molecular formula is C10H17N3O2. The van der Waals surface area contributed by atoms with Crippen LogP contribution in [0.2, 0.25) is 0 Å². The fraction of sp³-hybridized carbons (Fsp3) is 0.600. The molecule has 0 saturated heterocycles. The molecule has 0 spiro atoms. The van der Waals surface area contributed by atoms with E-state index in [0.717, 1.165) is 5.69 Å². The highest BCUT2D eigenvalue weighted by Gasteiger charge is 2.18. The van der Waals surface area contributed by atoms with E-state index < -0.39 is 11.7 Å². The third-order valence-electron chi connectivity index (χ3n) is 1.72. The lowest BCUT2D eigenvalue weighted by atomic mass is 10.2. The Balaban J connectivity index is 2.45. The third kappa shape index (κ3) is 4.01. The standard InChI is InChI=1S/C10H17N3O2/c1-7(8-5-11-6-12-8)13-9(14)15-10(2,3)4/h5-7H,1-4H3,(H,11,12)(H,13,14)/t7-/m1/s1. The number of hydrogen-bond donors (Lipinski definition) is 2. The lowest BCUT2D eigenvalue weighted by molar-refractivity contribution is 0.0507. The van der Waals surface area contributed by atoms with Crippen LogP contribution >= 0.6 is 0 Å². The number of aromatic nitrogens is 2. The smallest absolute Gasteiger partial charge is 0.408 e. The lowest BCUT2D eigenvalue weighted by Gasteiger charge is -2.21. The second-order valence-corrected chi connectivity index (χ2v) is 4.37. The zero-order valence-corrected chi connectivity index (χ0v) is 9.50. The topological polar surface area (TPSA) is 67.0 Å². The number of nitrogens with one attached hydrogen (secondary N) is 2. The quantitative estimate of drug-likeness (QED) is 0.786. The molecular weight excluding hydrogens is 194 g/mol. The molecule has 1 aromatic rings. The van der Waals surface area contributed by atoms with Crippen LogP contribution in [-0.4, -0.2) is 21.7 Å². The van der Waals surface area contributed by atoms with Crippen LogP contribution in [0.1, 0.15) is 39.4 Å². The van der Waals surface area contributed by atoms with Gasteiger partial charge in [-0.1, -0.05) is 0 Å². The van der Waals surface area contributed by atoms with Crippen molar-refractivity contribution in [1.82, 2.24) is 15.3 Å². The summed E-state index contributed by atoms with van der Waals surface area (Å²) in [5.74, 6) is 0. The summed E-state index contributed by atoms with van der Waals surface area (Å²) < 4.78 is 5.12. The predicted octanol–water partition coefficient (Wildman–Crippen LogP) is 2.00. The van der Waals surface area contributed by atoms with Gasteiger partial charge in [0.15, 0.2) is 0 Å². The van der Waals surface area contributed by atoms with E-state index in [1.165, 1.54) is 0 Å². The molecule has 1 atom stereocenters. The molecule has 5 nitrogen and oxygen atoms in total. The molecule has 1 heterocycles. The van der Waals surface area contributed by atoms with Crippen molar-refractivity contribution in [2.75, 3.05) is 0 Å².